The molecule has 0 radical (unpaired) electrons. The summed E-state index contributed by atoms with van der Waals surface area (Å²) in [7, 11) is 0. The van der Waals surface area contributed by atoms with Gasteiger partial charge in [-0.2, -0.15) is 0 Å². The van der Waals surface area contributed by atoms with E-state index in [1.165, 1.54) is 0 Å². The Labute approximate surface area is 97.1 Å². The number of hydrogen-bond acceptors (Lipinski definition) is 5. The molecule has 2 aliphatic rings. The van der Waals surface area contributed by atoms with Crippen LogP contribution >= 0.6 is 0 Å². The van der Waals surface area contributed by atoms with Gasteiger partial charge >= 0.3 is 0 Å². The van der Waals surface area contributed by atoms with Crippen molar-refractivity contribution >= 4 is 0 Å². The van der Waals surface area contributed by atoms with Crippen LogP contribution in [0.4, 0.5) is 0 Å². The highest BCUT2D eigenvalue weighted by Gasteiger charge is 2.07. The van der Waals surface area contributed by atoms with Gasteiger partial charge in [0, 0.05) is 13.2 Å². The van der Waals surface area contributed by atoms with Gasteiger partial charge in [-0.05, 0) is 19.3 Å². The van der Waals surface area contributed by atoms with Crippen LogP contribution in [0.3, 0.4) is 0 Å². The molecule has 0 aromatic carbocycles. The minimum absolute atomic E-state index is 0.431. The van der Waals surface area contributed by atoms with E-state index >= 15 is 0 Å². The van der Waals surface area contributed by atoms with Gasteiger partial charge in [-0.3, -0.25) is 5.32 Å². The van der Waals surface area contributed by atoms with Gasteiger partial charge in [0.2, 0.25) is 0 Å². The van der Waals surface area contributed by atoms with Crippen molar-refractivity contribution in [2.75, 3.05) is 26.4 Å². The molecule has 96 valence electrons. The number of aliphatic hydroxyl groups is 2. The predicted molar refractivity (Wildman–Crippen MR) is 61.9 cm³/mol. The summed E-state index contributed by atoms with van der Waals surface area (Å²) in [6.45, 7) is 8.65. The Morgan fingerprint density at radius 2 is 1.88 bits per heavy atom. The molecule has 2 saturated heterocycles. The summed E-state index contributed by atoms with van der Waals surface area (Å²) in [5, 5.41) is 20.2. The molecule has 16 heavy (non-hydrogen) atoms. The number of aliphatic hydroxyl groups excluding tert-OH is 2. The lowest BCUT2D eigenvalue weighted by Crippen LogP contribution is -2.40. The van der Waals surface area contributed by atoms with Crippen LogP contribution in [-0.2, 0) is 9.47 Å². The van der Waals surface area contributed by atoms with Crippen molar-refractivity contribution in [1.29, 1.82) is 0 Å². The predicted octanol–water partition coefficient (Wildman–Crippen LogP) is 0.232. The van der Waals surface area contributed by atoms with Crippen molar-refractivity contribution in [3.8, 4) is 0 Å². The molecule has 5 heteroatoms. The molecule has 3 N–H and O–H groups in total. The summed E-state index contributed by atoms with van der Waals surface area (Å²) < 4.78 is 9.70. The van der Waals surface area contributed by atoms with Crippen LogP contribution in [0.1, 0.15) is 19.3 Å². The molecule has 0 aliphatic carbocycles. The summed E-state index contributed by atoms with van der Waals surface area (Å²) in [5.74, 6) is 0. The van der Waals surface area contributed by atoms with Crippen LogP contribution in [0.2, 0.25) is 0 Å². The first-order valence-electron chi connectivity index (χ1n) is 5.58. The zero-order valence-corrected chi connectivity index (χ0v) is 9.73. The van der Waals surface area contributed by atoms with E-state index < -0.39 is 12.5 Å². The van der Waals surface area contributed by atoms with E-state index in [4.69, 9.17) is 19.7 Å². The summed E-state index contributed by atoms with van der Waals surface area (Å²) in [5.41, 5.74) is 0. The molecule has 0 bridgehead atoms. The number of hydrogen-bond donors (Lipinski definition) is 3. The zero-order chi connectivity index (χ0) is 12.2. The maximum atomic E-state index is 8.69. The Balaban J connectivity index is 0.000000244. The van der Waals surface area contributed by atoms with Crippen LogP contribution < -0.4 is 5.32 Å². The SMILES string of the molecule is C=C.OC1CCCCO1.OC1COCCN1. The third-order valence-corrected chi connectivity index (χ3v) is 2.06. The number of nitrogens with one attached hydrogen (secondary N) is 1. The van der Waals surface area contributed by atoms with Gasteiger partial charge in [-0.1, -0.05) is 0 Å². The molecule has 2 unspecified atom stereocenters. The fourth-order valence-corrected chi connectivity index (χ4v) is 1.28. The molecule has 0 aromatic heterocycles. The van der Waals surface area contributed by atoms with Crippen LogP contribution in [0.15, 0.2) is 13.2 Å². The monoisotopic (exact) mass is 233 g/mol. The number of morpholine rings is 1. The molecule has 0 saturated carbocycles. The van der Waals surface area contributed by atoms with Gasteiger partial charge in [0.1, 0.15) is 6.23 Å². The van der Waals surface area contributed by atoms with Crippen LogP contribution in [0.5, 0.6) is 0 Å². The molecule has 2 heterocycles. The standard InChI is InChI=1S/C5H10O2.C4H9NO2.C2H4/c6-5-3-1-2-4-7-5;6-4-3-7-2-1-5-4;1-2/h5-6H,1-4H2;4-6H,1-3H2;1-2H2. The van der Waals surface area contributed by atoms with E-state index in [-0.39, 0.29) is 0 Å². The number of ether oxygens (including phenoxy) is 2. The van der Waals surface area contributed by atoms with Gasteiger partial charge in [0.25, 0.3) is 0 Å². The van der Waals surface area contributed by atoms with E-state index in [1.54, 1.807) is 0 Å². The second-order valence-corrected chi connectivity index (χ2v) is 3.37. The first kappa shape index (κ1) is 15.5. The molecule has 2 fully saturated rings. The highest BCUT2D eigenvalue weighted by molar-refractivity contribution is 4.55. The van der Waals surface area contributed by atoms with Crippen LogP contribution in [0.25, 0.3) is 0 Å². The zero-order valence-electron chi connectivity index (χ0n) is 9.73. The molecule has 5 nitrogen and oxygen atoms in total. The van der Waals surface area contributed by atoms with Gasteiger partial charge in [-0.25, -0.2) is 0 Å². The topological polar surface area (TPSA) is 71.0 Å². The fourth-order valence-electron chi connectivity index (χ4n) is 1.28. The molecule has 0 amide bonds. The Hall–Kier alpha value is -0.460. The first-order chi connectivity index (χ1) is 7.79. The average Bonchev–Trinajstić information content (AvgIpc) is 2.34. The van der Waals surface area contributed by atoms with Gasteiger partial charge in [0.15, 0.2) is 6.29 Å². The second kappa shape index (κ2) is 11.0. The lowest BCUT2D eigenvalue weighted by molar-refractivity contribution is -0.123. The maximum absolute atomic E-state index is 8.69. The van der Waals surface area contributed by atoms with Crippen molar-refractivity contribution in [2.45, 2.75) is 31.8 Å². The van der Waals surface area contributed by atoms with Crippen LogP contribution in [-0.4, -0.2) is 49.1 Å². The largest absolute Gasteiger partial charge is 0.376 e. The fraction of sp³-hybridized carbons (Fsp3) is 0.818. The third kappa shape index (κ3) is 8.82. The highest BCUT2D eigenvalue weighted by Crippen LogP contribution is 2.08. The number of rotatable bonds is 0. The van der Waals surface area contributed by atoms with Gasteiger partial charge < -0.3 is 19.7 Å². The lowest BCUT2D eigenvalue weighted by atomic mass is 10.2. The average molecular weight is 233 g/mol. The molecule has 2 atom stereocenters. The van der Waals surface area contributed by atoms with E-state index in [0.717, 1.165) is 39.0 Å². The summed E-state index contributed by atoms with van der Waals surface area (Å²) in [6, 6.07) is 0. The Kier molecular flexibility index (Phi) is 10.7. The van der Waals surface area contributed by atoms with Crippen molar-refractivity contribution in [3.63, 3.8) is 0 Å². The summed E-state index contributed by atoms with van der Waals surface area (Å²) >= 11 is 0. The molecule has 2 rings (SSSR count). The molecule has 2 aliphatic heterocycles. The van der Waals surface area contributed by atoms with Crippen molar-refractivity contribution < 1.29 is 19.7 Å². The van der Waals surface area contributed by atoms with E-state index in [9.17, 15) is 0 Å². The van der Waals surface area contributed by atoms with Crippen molar-refractivity contribution in [3.05, 3.63) is 13.2 Å². The minimum atomic E-state index is -0.464. The van der Waals surface area contributed by atoms with Gasteiger partial charge in [-0.15, -0.1) is 13.2 Å². The molecule has 0 aromatic rings. The Morgan fingerprint density at radius 1 is 1.12 bits per heavy atom. The first-order valence-corrected chi connectivity index (χ1v) is 5.58. The Bertz CT molecular complexity index is 129. The van der Waals surface area contributed by atoms with E-state index in [1.807, 2.05) is 0 Å². The normalized spacial score (nSPS) is 29.1. The molecular formula is C11H23NO4. The van der Waals surface area contributed by atoms with E-state index in [2.05, 4.69) is 18.5 Å². The smallest absolute Gasteiger partial charge is 0.154 e. The second-order valence-electron chi connectivity index (χ2n) is 3.37. The quantitative estimate of drug-likeness (QED) is 0.523. The van der Waals surface area contributed by atoms with Crippen LogP contribution in [0, 0.1) is 0 Å². The van der Waals surface area contributed by atoms with E-state index in [0.29, 0.717) is 6.61 Å². The van der Waals surface area contributed by atoms with Crippen molar-refractivity contribution in [1.82, 2.24) is 5.32 Å². The maximum Gasteiger partial charge on any atom is 0.154 e. The third-order valence-electron chi connectivity index (χ3n) is 2.06. The summed E-state index contributed by atoms with van der Waals surface area (Å²) in [4.78, 5) is 0. The van der Waals surface area contributed by atoms with Gasteiger partial charge in [0.05, 0.1) is 13.2 Å². The lowest BCUT2D eigenvalue weighted by Gasteiger charge is -2.17. The molecular weight excluding hydrogens is 210 g/mol. The highest BCUT2D eigenvalue weighted by atomic mass is 16.6. The summed E-state index contributed by atoms with van der Waals surface area (Å²) in [6.07, 6.45) is 2.14. The minimum Gasteiger partial charge on any atom is -0.376 e. The Morgan fingerprint density at radius 3 is 2.12 bits per heavy atom. The molecule has 0 spiro atoms. The van der Waals surface area contributed by atoms with Crippen molar-refractivity contribution in [2.24, 2.45) is 0 Å².